The molecule has 0 heterocycles. The molecule has 2 rings (SSSR count). The van der Waals surface area contributed by atoms with E-state index in [9.17, 15) is 4.39 Å². The van der Waals surface area contributed by atoms with Crippen molar-refractivity contribution in [3.05, 3.63) is 29.6 Å². The van der Waals surface area contributed by atoms with Crippen molar-refractivity contribution in [3.8, 4) is 5.75 Å². The maximum atomic E-state index is 13.2. The Morgan fingerprint density at radius 3 is 2.86 bits per heavy atom. The van der Waals surface area contributed by atoms with Crippen molar-refractivity contribution in [2.45, 2.75) is 25.3 Å². The monoisotopic (exact) mass is 195 g/mol. The van der Waals surface area contributed by atoms with E-state index in [0.29, 0.717) is 18.3 Å². The quantitative estimate of drug-likeness (QED) is 0.801. The average molecular weight is 195 g/mol. The highest BCUT2D eigenvalue weighted by Crippen LogP contribution is 2.40. The van der Waals surface area contributed by atoms with E-state index in [2.05, 4.69) is 0 Å². The second kappa shape index (κ2) is 3.58. The molecule has 3 heteroatoms. The maximum Gasteiger partial charge on any atom is 0.165 e. The fourth-order valence-electron chi connectivity index (χ4n) is 1.61. The van der Waals surface area contributed by atoms with Crippen LogP contribution in [0.1, 0.15) is 24.8 Å². The molecule has 76 valence electrons. The molecule has 0 saturated heterocycles. The van der Waals surface area contributed by atoms with Crippen LogP contribution in [0.25, 0.3) is 0 Å². The summed E-state index contributed by atoms with van der Waals surface area (Å²) in [5.74, 6) is 0.434. The van der Waals surface area contributed by atoms with Gasteiger partial charge in [0.25, 0.3) is 0 Å². The van der Waals surface area contributed by atoms with Crippen LogP contribution in [-0.4, -0.2) is 12.6 Å². The second-order valence-electron chi connectivity index (χ2n) is 3.63. The normalized spacial score (nSPS) is 24.8. The highest BCUT2D eigenvalue weighted by atomic mass is 19.1. The first kappa shape index (κ1) is 9.46. The standard InChI is InChI=1S/C11H14FNO/c1-2-14-11-5-7(3-4-9(11)12)8-6-10(8)13/h3-5,8,10H,2,6,13H2,1H3/t8-,10+/m1/s1. The predicted octanol–water partition coefficient (Wildman–Crippen LogP) is 2.04. The Labute approximate surface area is 82.9 Å². The van der Waals surface area contributed by atoms with E-state index in [4.69, 9.17) is 10.5 Å². The summed E-state index contributed by atoms with van der Waals surface area (Å²) < 4.78 is 18.4. The van der Waals surface area contributed by atoms with Gasteiger partial charge in [0, 0.05) is 12.0 Å². The molecule has 14 heavy (non-hydrogen) atoms. The van der Waals surface area contributed by atoms with E-state index in [-0.39, 0.29) is 11.9 Å². The summed E-state index contributed by atoms with van der Waals surface area (Å²) in [5.41, 5.74) is 6.81. The smallest absolute Gasteiger partial charge is 0.165 e. The molecule has 2 N–H and O–H groups in total. The van der Waals surface area contributed by atoms with Crippen LogP contribution in [0, 0.1) is 5.82 Å². The summed E-state index contributed by atoms with van der Waals surface area (Å²) in [4.78, 5) is 0. The van der Waals surface area contributed by atoms with E-state index in [0.717, 1.165) is 12.0 Å². The Morgan fingerprint density at radius 1 is 1.57 bits per heavy atom. The van der Waals surface area contributed by atoms with Gasteiger partial charge in [-0.05, 0) is 31.0 Å². The number of benzene rings is 1. The highest BCUT2D eigenvalue weighted by Gasteiger charge is 2.35. The van der Waals surface area contributed by atoms with Gasteiger partial charge in [-0.25, -0.2) is 4.39 Å². The minimum absolute atomic E-state index is 0.245. The molecule has 0 aromatic heterocycles. The van der Waals surface area contributed by atoms with E-state index in [1.807, 2.05) is 6.92 Å². The van der Waals surface area contributed by atoms with Gasteiger partial charge >= 0.3 is 0 Å². The largest absolute Gasteiger partial charge is 0.491 e. The molecule has 1 aromatic rings. The molecule has 1 fully saturated rings. The molecule has 2 nitrogen and oxygen atoms in total. The van der Waals surface area contributed by atoms with Crippen LogP contribution in [0.3, 0.4) is 0 Å². The minimum Gasteiger partial charge on any atom is -0.491 e. The molecule has 0 bridgehead atoms. The van der Waals surface area contributed by atoms with Crippen LogP contribution in [0.4, 0.5) is 4.39 Å². The van der Waals surface area contributed by atoms with Crippen LogP contribution in [0.15, 0.2) is 18.2 Å². The van der Waals surface area contributed by atoms with Gasteiger partial charge in [-0.15, -0.1) is 0 Å². The summed E-state index contributed by atoms with van der Waals surface area (Å²) in [6.45, 7) is 2.33. The van der Waals surface area contributed by atoms with Gasteiger partial charge in [0.05, 0.1) is 6.61 Å². The second-order valence-corrected chi connectivity index (χ2v) is 3.63. The van der Waals surface area contributed by atoms with Crippen LogP contribution in [0.5, 0.6) is 5.75 Å². The molecule has 0 unspecified atom stereocenters. The van der Waals surface area contributed by atoms with Crippen molar-refractivity contribution in [2.75, 3.05) is 6.61 Å². The molecule has 0 aliphatic heterocycles. The Morgan fingerprint density at radius 2 is 2.29 bits per heavy atom. The molecule has 1 aromatic carbocycles. The number of halogens is 1. The van der Waals surface area contributed by atoms with Gasteiger partial charge in [-0.3, -0.25) is 0 Å². The number of hydrogen-bond acceptors (Lipinski definition) is 2. The first-order valence-electron chi connectivity index (χ1n) is 4.90. The lowest BCUT2D eigenvalue weighted by molar-refractivity contribution is 0.321. The van der Waals surface area contributed by atoms with Crippen molar-refractivity contribution >= 4 is 0 Å². The zero-order chi connectivity index (χ0) is 10.1. The summed E-state index contributed by atoms with van der Waals surface area (Å²) in [6, 6.07) is 5.24. The van der Waals surface area contributed by atoms with Gasteiger partial charge in [0.15, 0.2) is 11.6 Å². The van der Waals surface area contributed by atoms with Crippen LogP contribution in [0.2, 0.25) is 0 Å². The van der Waals surface area contributed by atoms with E-state index in [1.54, 1.807) is 12.1 Å². The molecular weight excluding hydrogens is 181 g/mol. The third-order valence-corrected chi connectivity index (χ3v) is 2.52. The number of ether oxygens (including phenoxy) is 1. The third kappa shape index (κ3) is 1.73. The first-order valence-corrected chi connectivity index (χ1v) is 4.90. The van der Waals surface area contributed by atoms with Gasteiger partial charge in [0.2, 0.25) is 0 Å². The Balaban J connectivity index is 2.22. The Hall–Kier alpha value is -1.09. The van der Waals surface area contributed by atoms with Crippen molar-refractivity contribution in [3.63, 3.8) is 0 Å². The lowest BCUT2D eigenvalue weighted by Crippen LogP contribution is -2.02. The van der Waals surface area contributed by atoms with Crippen molar-refractivity contribution in [1.29, 1.82) is 0 Å². The van der Waals surface area contributed by atoms with Crippen LogP contribution >= 0.6 is 0 Å². The Kier molecular flexibility index (Phi) is 2.42. The fraction of sp³-hybridized carbons (Fsp3) is 0.455. The molecular formula is C11H14FNO. The molecule has 0 amide bonds. The maximum absolute atomic E-state index is 13.2. The minimum atomic E-state index is -0.301. The highest BCUT2D eigenvalue weighted by molar-refractivity contribution is 5.36. The first-order chi connectivity index (χ1) is 6.72. The Bertz CT molecular complexity index is 340. The van der Waals surface area contributed by atoms with Gasteiger partial charge < -0.3 is 10.5 Å². The molecule has 2 atom stereocenters. The zero-order valence-corrected chi connectivity index (χ0v) is 8.16. The van der Waals surface area contributed by atoms with E-state index >= 15 is 0 Å². The lowest BCUT2D eigenvalue weighted by Gasteiger charge is -2.06. The van der Waals surface area contributed by atoms with Crippen molar-refractivity contribution < 1.29 is 9.13 Å². The third-order valence-electron chi connectivity index (χ3n) is 2.52. The molecule has 1 aliphatic rings. The molecule has 0 radical (unpaired) electrons. The van der Waals surface area contributed by atoms with Crippen LogP contribution in [-0.2, 0) is 0 Å². The lowest BCUT2D eigenvalue weighted by atomic mass is 10.1. The topological polar surface area (TPSA) is 35.2 Å². The zero-order valence-electron chi connectivity index (χ0n) is 8.16. The molecule has 1 aliphatic carbocycles. The van der Waals surface area contributed by atoms with E-state index in [1.165, 1.54) is 6.07 Å². The average Bonchev–Trinajstić information content (AvgIpc) is 2.87. The molecule has 1 saturated carbocycles. The summed E-state index contributed by atoms with van der Waals surface area (Å²) in [7, 11) is 0. The SMILES string of the molecule is CCOc1cc([C@H]2C[C@@H]2N)ccc1F. The number of nitrogens with two attached hydrogens (primary N) is 1. The summed E-state index contributed by atoms with van der Waals surface area (Å²) >= 11 is 0. The predicted molar refractivity (Wildman–Crippen MR) is 52.9 cm³/mol. The van der Waals surface area contributed by atoms with Gasteiger partial charge in [-0.2, -0.15) is 0 Å². The summed E-state index contributed by atoms with van der Waals surface area (Å²) in [6.07, 6.45) is 0.997. The van der Waals surface area contributed by atoms with Crippen molar-refractivity contribution in [2.24, 2.45) is 5.73 Å². The fourth-order valence-corrected chi connectivity index (χ4v) is 1.61. The summed E-state index contributed by atoms with van der Waals surface area (Å²) in [5, 5.41) is 0. The van der Waals surface area contributed by atoms with Gasteiger partial charge in [-0.1, -0.05) is 6.07 Å². The number of rotatable bonds is 3. The molecule has 0 spiro atoms. The van der Waals surface area contributed by atoms with Crippen LogP contribution < -0.4 is 10.5 Å². The van der Waals surface area contributed by atoms with E-state index < -0.39 is 0 Å². The number of hydrogen-bond donors (Lipinski definition) is 1. The van der Waals surface area contributed by atoms with Gasteiger partial charge in [0.1, 0.15) is 0 Å². The van der Waals surface area contributed by atoms with Crippen molar-refractivity contribution in [1.82, 2.24) is 0 Å².